The summed E-state index contributed by atoms with van der Waals surface area (Å²) in [4.78, 5) is 0. The first kappa shape index (κ1) is 11.2. The molecule has 2 saturated carbocycles. The summed E-state index contributed by atoms with van der Waals surface area (Å²) < 4.78 is 0. The lowest BCUT2D eigenvalue weighted by atomic mass is 9.72. The number of fused-ring (bicyclic) bond motifs is 2. The molecular weight excluding hydrogens is 184 g/mol. The van der Waals surface area contributed by atoms with Crippen LogP contribution < -0.4 is 0 Å². The van der Waals surface area contributed by atoms with E-state index in [2.05, 4.69) is 26.8 Å². The van der Waals surface area contributed by atoms with Crippen molar-refractivity contribution >= 4 is 0 Å². The highest BCUT2D eigenvalue weighted by Crippen LogP contribution is 2.59. The second-order valence-corrected chi connectivity index (χ2v) is 6.11. The minimum absolute atomic E-state index is 0.318. The van der Waals surface area contributed by atoms with Crippen molar-refractivity contribution in [3.8, 4) is 0 Å². The Morgan fingerprint density at radius 3 is 2.73 bits per heavy atom. The highest BCUT2D eigenvalue weighted by Gasteiger charge is 2.48. The van der Waals surface area contributed by atoms with Crippen LogP contribution in [0, 0.1) is 23.2 Å². The standard InChI is InChI=1S/C14H24O/c1-10(9-15)4-7-13-11-5-6-12(8-11)14(13,2)3/h7,10-12,15H,4-6,8-9H2,1-3H3/b13-7-. The lowest BCUT2D eigenvalue weighted by molar-refractivity contribution is 0.237. The zero-order valence-electron chi connectivity index (χ0n) is 10.3. The number of allylic oxidation sites excluding steroid dienone is 2. The third-order valence-corrected chi connectivity index (χ3v) is 4.69. The van der Waals surface area contributed by atoms with E-state index in [1.807, 2.05) is 0 Å². The molecular formula is C14H24O. The van der Waals surface area contributed by atoms with E-state index in [4.69, 9.17) is 5.11 Å². The molecule has 3 atom stereocenters. The van der Waals surface area contributed by atoms with Crippen LogP contribution >= 0.6 is 0 Å². The van der Waals surface area contributed by atoms with Crippen LogP contribution in [-0.4, -0.2) is 11.7 Å². The lowest BCUT2D eigenvalue weighted by Gasteiger charge is -2.33. The van der Waals surface area contributed by atoms with Gasteiger partial charge in [0.1, 0.15) is 0 Å². The van der Waals surface area contributed by atoms with Crippen molar-refractivity contribution < 1.29 is 5.11 Å². The first-order chi connectivity index (χ1) is 7.05. The third kappa shape index (κ3) is 1.87. The normalized spacial score (nSPS) is 37.5. The minimum atomic E-state index is 0.318. The fraction of sp³-hybridized carbons (Fsp3) is 0.857. The zero-order valence-corrected chi connectivity index (χ0v) is 10.3. The van der Waals surface area contributed by atoms with Crippen LogP contribution in [0.15, 0.2) is 11.6 Å². The molecule has 2 aliphatic rings. The van der Waals surface area contributed by atoms with Crippen LogP contribution in [0.2, 0.25) is 0 Å². The molecule has 2 aliphatic carbocycles. The summed E-state index contributed by atoms with van der Waals surface area (Å²) in [6, 6.07) is 0. The predicted octanol–water partition coefficient (Wildman–Crippen LogP) is 3.39. The molecule has 15 heavy (non-hydrogen) atoms. The summed E-state index contributed by atoms with van der Waals surface area (Å²) in [6.45, 7) is 7.26. The van der Waals surface area contributed by atoms with Crippen LogP contribution in [0.25, 0.3) is 0 Å². The molecule has 0 aromatic carbocycles. The second-order valence-electron chi connectivity index (χ2n) is 6.11. The summed E-state index contributed by atoms with van der Waals surface area (Å²) in [5, 5.41) is 9.04. The van der Waals surface area contributed by atoms with E-state index in [-0.39, 0.29) is 0 Å². The predicted molar refractivity (Wildman–Crippen MR) is 63.6 cm³/mol. The Bertz CT molecular complexity index is 265. The maximum atomic E-state index is 9.04. The van der Waals surface area contributed by atoms with Gasteiger partial charge in [0.15, 0.2) is 0 Å². The van der Waals surface area contributed by atoms with Crippen molar-refractivity contribution in [2.75, 3.05) is 6.61 Å². The van der Waals surface area contributed by atoms with E-state index in [0.717, 1.165) is 18.3 Å². The largest absolute Gasteiger partial charge is 0.396 e. The highest BCUT2D eigenvalue weighted by molar-refractivity contribution is 5.26. The van der Waals surface area contributed by atoms with Gasteiger partial charge in [-0.3, -0.25) is 0 Å². The van der Waals surface area contributed by atoms with Gasteiger partial charge in [-0.15, -0.1) is 0 Å². The summed E-state index contributed by atoms with van der Waals surface area (Å²) in [7, 11) is 0. The third-order valence-electron chi connectivity index (χ3n) is 4.69. The van der Waals surface area contributed by atoms with Crippen molar-refractivity contribution in [3.63, 3.8) is 0 Å². The molecule has 0 aromatic heterocycles. The average molecular weight is 208 g/mol. The molecule has 1 nitrogen and oxygen atoms in total. The number of aliphatic hydroxyl groups is 1. The summed E-state index contributed by atoms with van der Waals surface area (Å²) >= 11 is 0. The number of aliphatic hydroxyl groups excluding tert-OH is 1. The Kier molecular flexibility index (Phi) is 2.94. The van der Waals surface area contributed by atoms with E-state index >= 15 is 0 Å². The first-order valence-corrected chi connectivity index (χ1v) is 6.37. The molecule has 1 N–H and O–H groups in total. The Labute approximate surface area is 93.6 Å². The molecule has 2 bridgehead atoms. The van der Waals surface area contributed by atoms with Crippen LogP contribution in [-0.2, 0) is 0 Å². The van der Waals surface area contributed by atoms with E-state index in [0.29, 0.717) is 17.9 Å². The van der Waals surface area contributed by atoms with Crippen molar-refractivity contribution in [2.24, 2.45) is 23.2 Å². The topological polar surface area (TPSA) is 20.2 Å². The maximum absolute atomic E-state index is 9.04. The molecule has 0 amide bonds. The second kappa shape index (κ2) is 3.93. The van der Waals surface area contributed by atoms with Gasteiger partial charge in [-0.1, -0.05) is 32.4 Å². The molecule has 0 heterocycles. The molecule has 0 radical (unpaired) electrons. The Morgan fingerprint density at radius 1 is 1.47 bits per heavy atom. The fourth-order valence-electron chi connectivity index (χ4n) is 3.51. The summed E-state index contributed by atoms with van der Waals surface area (Å²) in [6.07, 6.45) is 7.76. The monoisotopic (exact) mass is 208 g/mol. The molecule has 3 unspecified atom stereocenters. The highest BCUT2D eigenvalue weighted by atomic mass is 16.3. The van der Waals surface area contributed by atoms with Gasteiger partial charge in [-0.2, -0.15) is 0 Å². The van der Waals surface area contributed by atoms with Gasteiger partial charge in [0.25, 0.3) is 0 Å². The van der Waals surface area contributed by atoms with Crippen molar-refractivity contribution in [1.29, 1.82) is 0 Å². The fourth-order valence-corrected chi connectivity index (χ4v) is 3.51. The number of hydrogen-bond acceptors (Lipinski definition) is 1. The SMILES string of the molecule is CC(CO)C/C=C1/C2CCC(C2)C1(C)C. The Morgan fingerprint density at radius 2 is 2.20 bits per heavy atom. The Balaban J connectivity index is 2.08. The van der Waals surface area contributed by atoms with Crippen molar-refractivity contribution in [1.82, 2.24) is 0 Å². The van der Waals surface area contributed by atoms with E-state index < -0.39 is 0 Å². The van der Waals surface area contributed by atoms with Crippen LogP contribution in [0.1, 0.15) is 46.5 Å². The maximum Gasteiger partial charge on any atom is 0.0459 e. The van der Waals surface area contributed by atoms with Gasteiger partial charge < -0.3 is 5.11 Å². The van der Waals surface area contributed by atoms with Crippen molar-refractivity contribution in [2.45, 2.75) is 46.5 Å². The van der Waals surface area contributed by atoms with Crippen LogP contribution in [0.5, 0.6) is 0 Å². The van der Waals surface area contributed by atoms with Gasteiger partial charge in [0, 0.05) is 6.61 Å². The van der Waals surface area contributed by atoms with Crippen LogP contribution in [0.3, 0.4) is 0 Å². The summed E-state index contributed by atoms with van der Waals surface area (Å²) in [5.74, 6) is 2.22. The van der Waals surface area contributed by atoms with Gasteiger partial charge in [-0.05, 0) is 48.9 Å². The van der Waals surface area contributed by atoms with E-state index in [1.165, 1.54) is 19.3 Å². The van der Waals surface area contributed by atoms with Gasteiger partial charge in [0.05, 0.1) is 0 Å². The van der Waals surface area contributed by atoms with E-state index in [9.17, 15) is 0 Å². The average Bonchev–Trinajstić information content (AvgIpc) is 2.74. The quantitative estimate of drug-likeness (QED) is 0.705. The molecule has 2 rings (SSSR count). The number of hydrogen-bond donors (Lipinski definition) is 1. The Hall–Kier alpha value is -0.300. The summed E-state index contributed by atoms with van der Waals surface area (Å²) in [5.41, 5.74) is 2.14. The van der Waals surface area contributed by atoms with E-state index in [1.54, 1.807) is 5.57 Å². The van der Waals surface area contributed by atoms with Crippen LogP contribution in [0.4, 0.5) is 0 Å². The molecule has 0 saturated heterocycles. The minimum Gasteiger partial charge on any atom is -0.396 e. The smallest absolute Gasteiger partial charge is 0.0459 e. The van der Waals surface area contributed by atoms with Gasteiger partial charge in [-0.25, -0.2) is 0 Å². The zero-order chi connectivity index (χ0) is 11.1. The molecule has 86 valence electrons. The molecule has 0 spiro atoms. The first-order valence-electron chi connectivity index (χ1n) is 6.37. The van der Waals surface area contributed by atoms with Crippen molar-refractivity contribution in [3.05, 3.63) is 11.6 Å². The lowest BCUT2D eigenvalue weighted by Crippen LogP contribution is -2.23. The van der Waals surface area contributed by atoms with Gasteiger partial charge in [0.2, 0.25) is 0 Å². The number of rotatable bonds is 3. The molecule has 1 heteroatoms. The van der Waals surface area contributed by atoms with Gasteiger partial charge >= 0.3 is 0 Å². The molecule has 0 aromatic rings. The molecule has 0 aliphatic heterocycles. The molecule has 2 fully saturated rings.